The number of pyridine rings is 2. The topological polar surface area (TPSA) is 90.1 Å². The molecule has 1 saturated carbocycles. The van der Waals surface area contributed by atoms with Crippen LogP contribution in [0.2, 0.25) is 0 Å². The van der Waals surface area contributed by atoms with Gasteiger partial charge < -0.3 is 15.4 Å². The first-order valence-electron chi connectivity index (χ1n) is 11.4. The highest BCUT2D eigenvalue weighted by atomic mass is 16.5. The Morgan fingerprint density at radius 2 is 1.90 bits per heavy atom. The van der Waals surface area contributed by atoms with Gasteiger partial charge >= 0.3 is 0 Å². The summed E-state index contributed by atoms with van der Waals surface area (Å²) in [6, 6.07) is 8.75. The van der Waals surface area contributed by atoms with Gasteiger partial charge in [-0.2, -0.15) is 0 Å². The Bertz CT molecular complexity index is 1070. The van der Waals surface area contributed by atoms with Crippen LogP contribution in [0.1, 0.15) is 56.4 Å². The fraction of sp³-hybridized carbons (Fsp3) is 0.500. The minimum absolute atomic E-state index is 0.377. The molecule has 1 unspecified atom stereocenters. The highest BCUT2D eigenvalue weighted by molar-refractivity contribution is 5.90. The van der Waals surface area contributed by atoms with Crippen molar-refractivity contribution < 1.29 is 4.74 Å². The number of nitrogens with zero attached hydrogens (tertiary/aromatic N) is 5. The zero-order valence-corrected chi connectivity index (χ0v) is 18.1. The summed E-state index contributed by atoms with van der Waals surface area (Å²) in [6.45, 7) is 1.73. The van der Waals surface area contributed by atoms with E-state index in [1.54, 1.807) is 7.11 Å². The maximum absolute atomic E-state index is 6.28. The van der Waals surface area contributed by atoms with Crippen molar-refractivity contribution in [3.05, 3.63) is 36.2 Å². The monoisotopic (exact) mass is 418 g/mol. The van der Waals surface area contributed by atoms with Crippen molar-refractivity contribution in [3.8, 4) is 11.4 Å². The van der Waals surface area contributed by atoms with Gasteiger partial charge in [0.1, 0.15) is 18.0 Å². The molecule has 7 nitrogen and oxygen atoms in total. The minimum Gasteiger partial charge on any atom is -0.383 e. The summed E-state index contributed by atoms with van der Waals surface area (Å²) in [5, 5.41) is 0.911. The van der Waals surface area contributed by atoms with Crippen LogP contribution in [0.5, 0.6) is 0 Å². The summed E-state index contributed by atoms with van der Waals surface area (Å²) in [6.07, 6.45) is 9.96. The van der Waals surface area contributed by atoms with E-state index < -0.39 is 0 Å². The number of anilines is 2. The van der Waals surface area contributed by atoms with E-state index in [4.69, 9.17) is 20.4 Å². The molecule has 5 rings (SSSR count). The molecule has 1 aliphatic carbocycles. The van der Waals surface area contributed by atoms with Gasteiger partial charge in [0.05, 0.1) is 29.4 Å². The lowest BCUT2D eigenvalue weighted by Gasteiger charge is -2.26. The van der Waals surface area contributed by atoms with E-state index >= 15 is 0 Å². The van der Waals surface area contributed by atoms with Crippen LogP contribution in [0.3, 0.4) is 0 Å². The molecular weight excluding hydrogens is 388 g/mol. The molecule has 0 aromatic carbocycles. The van der Waals surface area contributed by atoms with Crippen LogP contribution < -0.4 is 10.6 Å². The van der Waals surface area contributed by atoms with Crippen LogP contribution in [0.15, 0.2) is 30.6 Å². The third-order valence-corrected chi connectivity index (χ3v) is 6.74. The number of rotatable bonds is 5. The number of hydrogen-bond acceptors (Lipinski definition) is 7. The summed E-state index contributed by atoms with van der Waals surface area (Å²) in [5.41, 5.74) is 9.90. The first kappa shape index (κ1) is 20.1. The van der Waals surface area contributed by atoms with Crippen molar-refractivity contribution >= 4 is 22.7 Å². The molecule has 1 atom stereocenters. The van der Waals surface area contributed by atoms with Gasteiger partial charge in [0.2, 0.25) is 0 Å². The van der Waals surface area contributed by atoms with Gasteiger partial charge in [-0.25, -0.2) is 19.9 Å². The molecule has 2 N–H and O–H groups in total. The Labute approximate surface area is 183 Å². The molecule has 3 aromatic rings. The molecule has 0 bridgehead atoms. The molecular formula is C24H30N6O. The molecule has 7 heteroatoms. The second-order valence-corrected chi connectivity index (χ2v) is 8.71. The number of nitrogens with two attached hydrogens (primary N) is 1. The first-order valence-corrected chi connectivity index (χ1v) is 11.4. The minimum atomic E-state index is 0.377. The first-order chi connectivity index (χ1) is 15.2. The van der Waals surface area contributed by atoms with Crippen molar-refractivity contribution in [3.63, 3.8) is 0 Å². The summed E-state index contributed by atoms with van der Waals surface area (Å²) >= 11 is 0. The van der Waals surface area contributed by atoms with Gasteiger partial charge in [0, 0.05) is 13.7 Å². The zero-order valence-electron chi connectivity index (χ0n) is 18.1. The van der Waals surface area contributed by atoms with Crippen LogP contribution in [-0.2, 0) is 4.74 Å². The van der Waals surface area contributed by atoms with E-state index in [0.29, 0.717) is 23.4 Å². The van der Waals surface area contributed by atoms with Crippen LogP contribution >= 0.6 is 0 Å². The van der Waals surface area contributed by atoms with Crippen molar-refractivity contribution in [2.24, 2.45) is 0 Å². The molecule has 31 heavy (non-hydrogen) atoms. The van der Waals surface area contributed by atoms with Crippen LogP contribution in [0, 0.1) is 0 Å². The fourth-order valence-electron chi connectivity index (χ4n) is 5.21. The molecule has 2 fully saturated rings. The number of fused-ring (bicyclic) bond motifs is 1. The summed E-state index contributed by atoms with van der Waals surface area (Å²) in [5.74, 6) is 1.98. The SMILES string of the molecule is COCC1CCCN1c1cccc(-c2cc(C3CCCCC3)c3c(N)ncnc3n2)n1. The second kappa shape index (κ2) is 8.75. The lowest BCUT2D eigenvalue weighted by Crippen LogP contribution is -2.33. The maximum Gasteiger partial charge on any atom is 0.165 e. The van der Waals surface area contributed by atoms with Crippen molar-refractivity contribution in [1.82, 2.24) is 19.9 Å². The second-order valence-electron chi connectivity index (χ2n) is 8.71. The number of ether oxygens (including phenoxy) is 1. The third-order valence-electron chi connectivity index (χ3n) is 6.74. The Kier molecular flexibility index (Phi) is 5.68. The Hall–Kier alpha value is -2.80. The lowest BCUT2D eigenvalue weighted by molar-refractivity contribution is 0.180. The summed E-state index contributed by atoms with van der Waals surface area (Å²) < 4.78 is 5.43. The highest BCUT2D eigenvalue weighted by Gasteiger charge is 2.26. The van der Waals surface area contributed by atoms with Gasteiger partial charge in [0.25, 0.3) is 0 Å². The van der Waals surface area contributed by atoms with Gasteiger partial charge in [0.15, 0.2) is 5.65 Å². The molecule has 0 amide bonds. The molecule has 0 radical (unpaired) electrons. The maximum atomic E-state index is 6.28. The smallest absolute Gasteiger partial charge is 0.165 e. The molecule has 1 aliphatic heterocycles. The number of methoxy groups -OCH3 is 1. The predicted molar refractivity (Wildman–Crippen MR) is 123 cm³/mol. The van der Waals surface area contributed by atoms with Gasteiger partial charge in [-0.1, -0.05) is 25.3 Å². The van der Waals surface area contributed by atoms with Crippen molar-refractivity contribution in [2.45, 2.75) is 56.9 Å². The van der Waals surface area contributed by atoms with Crippen LogP contribution in [0.4, 0.5) is 11.6 Å². The third kappa shape index (κ3) is 3.94. The van der Waals surface area contributed by atoms with E-state index in [1.165, 1.54) is 44.0 Å². The average Bonchev–Trinajstić information content (AvgIpc) is 3.28. The van der Waals surface area contributed by atoms with Crippen LogP contribution in [-0.4, -0.2) is 46.2 Å². The molecule has 162 valence electrons. The Balaban J connectivity index is 1.58. The summed E-state index contributed by atoms with van der Waals surface area (Å²) in [4.78, 5) is 20.9. The standard InChI is InChI=1S/C24H30N6O/c1-31-14-17-9-6-12-30(17)21-11-5-10-19(28-21)20-13-18(16-7-3-2-4-8-16)22-23(25)26-15-27-24(22)29-20/h5,10-11,13,15-17H,2-4,6-9,12,14H2,1H3,(H2,25,26,27,29). The van der Waals surface area contributed by atoms with E-state index in [-0.39, 0.29) is 0 Å². The van der Waals surface area contributed by atoms with E-state index in [1.807, 2.05) is 6.07 Å². The highest BCUT2D eigenvalue weighted by Crippen LogP contribution is 2.39. The summed E-state index contributed by atoms with van der Waals surface area (Å²) in [7, 11) is 1.76. The van der Waals surface area contributed by atoms with Gasteiger partial charge in [-0.3, -0.25) is 0 Å². The number of aromatic nitrogens is 4. The fourth-order valence-corrected chi connectivity index (χ4v) is 5.21. The van der Waals surface area contributed by atoms with E-state index in [0.717, 1.165) is 48.6 Å². The molecule has 4 heterocycles. The van der Waals surface area contributed by atoms with Crippen molar-refractivity contribution in [1.29, 1.82) is 0 Å². The Morgan fingerprint density at radius 1 is 1.03 bits per heavy atom. The zero-order chi connectivity index (χ0) is 21.2. The lowest BCUT2D eigenvalue weighted by atomic mass is 9.82. The number of nitrogen functional groups attached to an aromatic ring is 1. The average molecular weight is 419 g/mol. The van der Waals surface area contributed by atoms with Crippen molar-refractivity contribution in [2.75, 3.05) is 30.9 Å². The van der Waals surface area contributed by atoms with E-state index in [2.05, 4.69) is 33.1 Å². The van der Waals surface area contributed by atoms with Crippen LogP contribution in [0.25, 0.3) is 22.4 Å². The normalized spacial score (nSPS) is 19.9. The largest absolute Gasteiger partial charge is 0.383 e. The van der Waals surface area contributed by atoms with E-state index in [9.17, 15) is 0 Å². The predicted octanol–water partition coefficient (Wildman–Crippen LogP) is 4.33. The number of hydrogen-bond donors (Lipinski definition) is 1. The molecule has 2 aliphatic rings. The Morgan fingerprint density at radius 3 is 2.74 bits per heavy atom. The quantitative estimate of drug-likeness (QED) is 0.659. The molecule has 1 saturated heterocycles. The molecule has 3 aromatic heterocycles. The van der Waals surface area contributed by atoms with Gasteiger partial charge in [-0.15, -0.1) is 0 Å². The van der Waals surface area contributed by atoms with Gasteiger partial charge in [-0.05, 0) is 55.4 Å². The molecule has 0 spiro atoms.